The van der Waals surface area contributed by atoms with Gasteiger partial charge in [-0.15, -0.1) is 0 Å². The number of hydrogen-bond acceptors (Lipinski definition) is 2. The Morgan fingerprint density at radius 1 is 1.08 bits per heavy atom. The highest BCUT2D eigenvalue weighted by atomic mass is 16.2. The van der Waals surface area contributed by atoms with Crippen LogP contribution in [0.15, 0.2) is 0 Å². The van der Waals surface area contributed by atoms with E-state index in [-0.39, 0.29) is 12.5 Å². The van der Waals surface area contributed by atoms with Crippen molar-refractivity contribution in [2.24, 2.45) is 0 Å². The largest absolute Gasteiger partial charge is 0.396 e. The third kappa shape index (κ3) is 7.78. The van der Waals surface area contributed by atoms with Crippen LogP contribution in [0.4, 0.5) is 0 Å². The van der Waals surface area contributed by atoms with E-state index in [1.165, 1.54) is 0 Å². The lowest BCUT2D eigenvalue weighted by Crippen LogP contribution is -2.20. The maximum absolute atomic E-state index is 11.1. The molecule has 0 aliphatic carbocycles. The lowest BCUT2D eigenvalue weighted by Gasteiger charge is -2.09. The van der Waals surface area contributed by atoms with Crippen molar-refractivity contribution in [1.82, 2.24) is 4.90 Å². The Morgan fingerprint density at radius 3 is 2.15 bits per heavy atom. The van der Waals surface area contributed by atoms with Crippen LogP contribution in [-0.2, 0) is 4.79 Å². The zero-order valence-electron chi connectivity index (χ0n) is 8.75. The van der Waals surface area contributed by atoms with Gasteiger partial charge in [0.15, 0.2) is 0 Å². The monoisotopic (exact) mass is 187 g/mol. The standard InChI is InChI=1S/C10H21NO2/c1-11(2)10(13)8-6-4-3-5-7-9-12/h12H,3-9H2,1-2H3. The second kappa shape index (κ2) is 8.05. The summed E-state index contributed by atoms with van der Waals surface area (Å²) in [6.07, 6.45) is 5.82. The van der Waals surface area contributed by atoms with Crippen LogP contribution in [0.1, 0.15) is 38.5 Å². The highest BCUT2D eigenvalue weighted by molar-refractivity contribution is 5.75. The molecule has 1 N–H and O–H groups in total. The first-order valence-electron chi connectivity index (χ1n) is 4.99. The topological polar surface area (TPSA) is 40.5 Å². The minimum Gasteiger partial charge on any atom is -0.396 e. The molecule has 3 heteroatoms. The summed E-state index contributed by atoms with van der Waals surface area (Å²) >= 11 is 0. The quantitative estimate of drug-likeness (QED) is 0.612. The Labute approximate surface area is 80.7 Å². The number of carbonyl (C=O) groups excluding carboxylic acids is 1. The molecule has 0 aliphatic rings. The molecule has 78 valence electrons. The van der Waals surface area contributed by atoms with Crippen molar-refractivity contribution in [2.75, 3.05) is 20.7 Å². The summed E-state index contributed by atoms with van der Waals surface area (Å²) in [5, 5.41) is 8.52. The van der Waals surface area contributed by atoms with Crippen LogP contribution in [0.5, 0.6) is 0 Å². The van der Waals surface area contributed by atoms with E-state index in [4.69, 9.17) is 5.11 Å². The van der Waals surface area contributed by atoms with E-state index in [9.17, 15) is 4.79 Å². The molecule has 0 saturated carbocycles. The zero-order chi connectivity index (χ0) is 10.1. The minimum absolute atomic E-state index is 0.210. The molecule has 0 rings (SSSR count). The van der Waals surface area contributed by atoms with Gasteiger partial charge in [0, 0.05) is 27.1 Å². The van der Waals surface area contributed by atoms with Crippen molar-refractivity contribution in [1.29, 1.82) is 0 Å². The third-order valence-corrected chi connectivity index (χ3v) is 2.05. The van der Waals surface area contributed by atoms with E-state index in [0.717, 1.165) is 32.1 Å². The van der Waals surface area contributed by atoms with E-state index in [0.29, 0.717) is 6.42 Å². The van der Waals surface area contributed by atoms with Crippen LogP contribution in [-0.4, -0.2) is 36.6 Å². The molecule has 0 unspecified atom stereocenters. The molecule has 0 fully saturated rings. The molecule has 0 aromatic heterocycles. The number of hydrogen-bond donors (Lipinski definition) is 1. The molecular formula is C10H21NO2. The van der Waals surface area contributed by atoms with Crippen LogP contribution < -0.4 is 0 Å². The SMILES string of the molecule is CN(C)C(=O)CCCCCCCO. The smallest absolute Gasteiger partial charge is 0.222 e. The van der Waals surface area contributed by atoms with Gasteiger partial charge in [-0.2, -0.15) is 0 Å². The number of rotatable bonds is 7. The van der Waals surface area contributed by atoms with E-state index in [1.807, 2.05) is 0 Å². The maximum atomic E-state index is 11.1. The van der Waals surface area contributed by atoms with Gasteiger partial charge in [0.25, 0.3) is 0 Å². The summed E-state index contributed by atoms with van der Waals surface area (Å²) in [6.45, 7) is 0.288. The fraction of sp³-hybridized carbons (Fsp3) is 0.900. The molecule has 0 heterocycles. The van der Waals surface area contributed by atoms with E-state index in [1.54, 1.807) is 19.0 Å². The molecule has 0 bridgehead atoms. The van der Waals surface area contributed by atoms with Crippen LogP contribution >= 0.6 is 0 Å². The second-order valence-electron chi connectivity index (χ2n) is 3.53. The summed E-state index contributed by atoms with van der Waals surface area (Å²) in [7, 11) is 3.57. The molecule has 13 heavy (non-hydrogen) atoms. The second-order valence-corrected chi connectivity index (χ2v) is 3.53. The Balaban J connectivity index is 3.12. The van der Waals surface area contributed by atoms with Gasteiger partial charge in [0.2, 0.25) is 5.91 Å². The number of amides is 1. The summed E-state index contributed by atoms with van der Waals surface area (Å²) < 4.78 is 0. The molecule has 0 spiro atoms. The lowest BCUT2D eigenvalue weighted by atomic mass is 10.1. The lowest BCUT2D eigenvalue weighted by molar-refractivity contribution is -0.128. The van der Waals surface area contributed by atoms with Gasteiger partial charge in [0.05, 0.1) is 0 Å². The normalized spacial score (nSPS) is 10.1. The van der Waals surface area contributed by atoms with Crippen molar-refractivity contribution in [3.8, 4) is 0 Å². The number of aliphatic hydroxyl groups is 1. The fourth-order valence-corrected chi connectivity index (χ4v) is 1.14. The van der Waals surface area contributed by atoms with Crippen LogP contribution in [0, 0.1) is 0 Å². The van der Waals surface area contributed by atoms with Crippen molar-refractivity contribution in [3.63, 3.8) is 0 Å². The first-order chi connectivity index (χ1) is 6.18. The summed E-state index contributed by atoms with van der Waals surface area (Å²) in [4.78, 5) is 12.8. The summed E-state index contributed by atoms with van der Waals surface area (Å²) in [5.41, 5.74) is 0. The number of nitrogens with zero attached hydrogens (tertiary/aromatic N) is 1. The van der Waals surface area contributed by atoms with Crippen molar-refractivity contribution >= 4 is 5.91 Å². The average molecular weight is 187 g/mol. The predicted molar refractivity (Wildman–Crippen MR) is 53.5 cm³/mol. The Kier molecular flexibility index (Phi) is 7.69. The van der Waals surface area contributed by atoms with E-state index < -0.39 is 0 Å². The fourth-order valence-electron chi connectivity index (χ4n) is 1.14. The van der Waals surface area contributed by atoms with Gasteiger partial charge in [-0.05, 0) is 12.8 Å². The van der Waals surface area contributed by atoms with Gasteiger partial charge in [-0.1, -0.05) is 19.3 Å². The Hall–Kier alpha value is -0.570. The minimum atomic E-state index is 0.210. The molecule has 1 amide bonds. The van der Waals surface area contributed by atoms with Gasteiger partial charge in [-0.3, -0.25) is 4.79 Å². The van der Waals surface area contributed by atoms with Crippen LogP contribution in [0.2, 0.25) is 0 Å². The van der Waals surface area contributed by atoms with Gasteiger partial charge >= 0.3 is 0 Å². The number of carbonyl (C=O) groups is 1. The molecule has 0 radical (unpaired) electrons. The first-order valence-corrected chi connectivity index (χ1v) is 4.99. The molecular weight excluding hydrogens is 166 g/mol. The summed E-state index contributed by atoms with van der Waals surface area (Å²) in [5.74, 6) is 0.210. The molecule has 0 aliphatic heterocycles. The van der Waals surface area contributed by atoms with Crippen molar-refractivity contribution < 1.29 is 9.90 Å². The molecule has 3 nitrogen and oxygen atoms in total. The predicted octanol–water partition coefficient (Wildman–Crippen LogP) is 1.41. The number of aliphatic hydroxyl groups excluding tert-OH is 1. The van der Waals surface area contributed by atoms with E-state index >= 15 is 0 Å². The molecule has 0 atom stereocenters. The zero-order valence-corrected chi connectivity index (χ0v) is 8.75. The first kappa shape index (κ1) is 12.4. The van der Waals surface area contributed by atoms with Crippen LogP contribution in [0.25, 0.3) is 0 Å². The Morgan fingerprint density at radius 2 is 1.62 bits per heavy atom. The van der Waals surface area contributed by atoms with Gasteiger partial charge < -0.3 is 10.0 Å². The van der Waals surface area contributed by atoms with Gasteiger partial charge in [0.1, 0.15) is 0 Å². The third-order valence-electron chi connectivity index (χ3n) is 2.05. The maximum Gasteiger partial charge on any atom is 0.222 e. The highest BCUT2D eigenvalue weighted by Crippen LogP contribution is 2.05. The van der Waals surface area contributed by atoms with Crippen LogP contribution in [0.3, 0.4) is 0 Å². The molecule has 0 saturated heterocycles. The van der Waals surface area contributed by atoms with E-state index in [2.05, 4.69) is 0 Å². The molecule has 0 aromatic rings. The highest BCUT2D eigenvalue weighted by Gasteiger charge is 2.01. The summed E-state index contributed by atoms with van der Waals surface area (Å²) in [6, 6.07) is 0. The Bertz CT molecular complexity index is 135. The van der Waals surface area contributed by atoms with Crippen molar-refractivity contribution in [2.45, 2.75) is 38.5 Å². The number of unbranched alkanes of at least 4 members (excludes halogenated alkanes) is 4. The van der Waals surface area contributed by atoms with Crippen molar-refractivity contribution in [3.05, 3.63) is 0 Å². The van der Waals surface area contributed by atoms with Gasteiger partial charge in [-0.25, -0.2) is 0 Å². The molecule has 0 aromatic carbocycles. The average Bonchev–Trinajstić information content (AvgIpc) is 2.10.